The minimum atomic E-state index is 0.0874. The minimum Gasteiger partial charge on any atom is -0.308 e. The summed E-state index contributed by atoms with van der Waals surface area (Å²) in [5.74, 6) is 0.0874. The van der Waals surface area contributed by atoms with Gasteiger partial charge in [-0.2, -0.15) is 0 Å². The molecule has 0 fully saturated rings. The van der Waals surface area contributed by atoms with Gasteiger partial charge in [0.15, 0.2) is 5.78 Å². The molecule has 0 N–H and O–H groups in total. The molecule has 0 spiro atoms. The van der Waals surface area contributed by atoms with Crippen molar-refractivity contribution in [2.75, 3.05) is 11.4 Å². The normalized spacial score (nSPS) is 14.3. The molecule has 0 saturated heterocycles. The molecule has 76 valence electrons. The van der Waals surface area contributed by atoms with Gasteiger partial charge in [0.1, 0.15) is 0 Å². The first-order valence-electron chi connectivity index (χ1n) is 4.83. The van der Waals surface area contributed by atoms with Crippen LogP contribution in [0.3, 0.4) is 0 Å². The molecule has 3 nitrogen and oxygen atoms in total. The number of aliphatic imine (C=N–C) groups is 1. The van der Waals surface area contributed by atoms with Crippen LogP contribution in [0, 0.1) is 0 Å². The van der Waals surface area contributed by atoms with E-state index in [0.717, 1.165) is 17.8 Å². The molecule has 1 aliphatic rings. The van der Waals surface area contributed by atoms with Gasteiger partial charge in [-0.1, -0.05) is 0 Å². The van der Waals surface area contributed by atoms with Crippen molar-refractivity contribution in [2.45, 2.75) is 6.92 Å². The highest BCUT2D eigenvalue weighted by atomic mass is 16.1. The van der Waals surface area contributed by atoms with Gasteiger partial charge < -0.3 is 4.90 Å². The quantitative estimate of drug-likeness (QED) is 0.686. The fourth-order valence-electron chi connectivity index (χ4n) is 1.42. The number of rotatable bonds is 2. The zero-order valence-corrected chi connectivity index (χ0v) is 8.55. The van der Waals surface area contributed by atoms with Gasteiger partial charge in [-0.15, -0.1) is 0 Å². The van der Waals surface area contributed by atoms with Gasteiger partial charge in [-0.05, 0) is 37.3 Å². The lowest BCUT2D eigenvalue weighted by Gasteiger charge is -2.17. The lowest BCUT2D eigenvalue weighted by Crippen LogP contribution is -2.16. The van der Waals surface area contributed by atoms with E-state index >= 15 is 0 Å². The second-order valence-electron chi connectivity index (χ2n) is 3.38. The molecular weight excluding hydrogens is 188 g/mol. The van der Waals surface area contributed by atoms with Gasteiger partial charge in [0, 0.05) is 17.5 Å². The molecule has 15 heavy (non-hydrogen) atoms. The Bertz CT molecular complexity index is 406. The van der Waals surface area contributed by atoms with E-state index < -0.39 is 0 Å². The van der Waals surface area contributed by atoms with Crippen LogP contribution in [-0.2, 0) is 0 Å². The zero-order chi connectivity index (χ0) is 10.7. The maximum absolute atomic E-state index is 11.1. The van der Waals surface area contributed by atoms with Crippen LogP contribution in [-0.4, -0.2) is 18.7 Å². The Morgan fingerprint density at radius 2 is 2.07 bits per heavy atom. The Morgan fingerprint density at radius 3 is 2.60 bits per heavy atom. The number of ketones is 1. The number of hydrogen-bond donors (Lipinski definition) is 0. The summed E-state index contributed by atoms with van der Waals surface area (Å²) >= 11 is 0. The van der Waals surface area contributed by atoms with Gasteiger partial charge in [-0.25, -0.2) is 0 Å². The van der Waals surface area contributed by atoms with E-state index in [1.807, 2.05) is 41.4 Å². The predicted molar refractivity (Wildman–Crippen MR) is 61.4 cm³/mol. The van der Waals surface area contributed by atoms with Crippen molar-refractivity contribution >= 4 is 17.8 Å². The fourth-order valence-corrected chi connectivity index (χ4v) is 1.42. The van der Waals surface area contributed by atoms with Crippen LogP contribution in [0.4, 0.5) is 5.69 Å². The van der Waals surface area contributed by atoms with Crippen molar-refractivity contribution < 1.29 is 4.79 Å². The summed E-state index contributed by atoms with van der Waals surface area (Å²) in [4.78, 5) is 17.1. The van der Waals surface area contributed by atoms with Crippen LogP contribution < -0.4 is 4.90 Å². The van der Waals surface area contributed by atoms with Crippen molar-refractivity contribution in [1.82, 2.24) is 0 Å². The Morgan fingerprint density at radius 1 is 1.33 bits per heavy atom. The van der Waals surface area contributed by atoms with Crippen LogP contribution in [0.5, 0.6) is 0 Å². The second kappa shape index (κ2) is 4.09. The predicted octanol–water partition coefficient (Wildman–Crippen LogP) is 2.25. The summed E-state index contributed by atoms with van der Waals surface area (Å²) in [6, 6.07) is 7.48. The zero-order valence-electron chi connectivity index (χ0n) is 8.55. The van der Waals surface area contributed by atoms with Crippen molar-refractivity contribution in [3.05, 3.63) is 42.1 Å². The second-order valence-corrected chi connectivity index (χ2v) is 3.38. The van der Waals surface area contributed by atoms with Gasteiger partial charge in [0.25, 0.3) is 0 Å². The van der Waals surface area contributed by atoms with Crippen LogP contribution in [0.2, 0.25) is 0 Å². The lowest BCUT2D eigenvalue weighted by molar-refractivity contribution is 0.101. The van der Waals surface area contributed by atoms with Crippen molar-refractivity contribution in [3.8, 4) is 0 Å². The molecule has 0 aromatic heterocycles. The molecule has 1 aromatic carbocycles. The van der Waals surface area contributed by atoms with Crippen LogP contribution in [0.1, 0.15) is 17.3 Å². The SMILES string of the molecule is CC(=O)c1ccc(N2C=CCN=C2)cc1. The third kappa shape index (κ3) is 2.13. The van der Waals surface area contributed by atoms with Crippen LogP contribution in [0.25, 0.3) is 0 Å². The number of carbonyl (C=O) groups excluding carboxylic acids is 1. The van der Waals surface area contributed by atoms with E-state index in [0.29, 0.717) is 0 Å². The summed E-state index contributed by atoms with van der Waals surface area (Å²) in [7, 11) is 0. The molecule has 1 aliphatic heterocycles. The largest absolute Gasteiger partial charge is 0.308 e. The van der Waals surface area contributed by atoms with E-state index in [1.54, 1.807) is 13.3 Å². The topological polar surface area (TPSA) is 32.7 Å². The molecule has 1 heterocycles. The molecular formula is C12H12N2O. The van der Waals surface area contributed by atoms with Crippen molar-refractivity contribution in [3.63, 3.8) is 0 Å². The third-order valence-electron chi connectivity index (χ3n) is 2.25. The Labute approximate surface area is 88.7 Å². The summed E-state index contributed by atoms with van der Waals surface area (Å²) in [6.07, 6.45) is 5.73. The smallest absolute Gasteiger partial charge is 0.159 e. The molecule has 1 aromatic rings. The number of anilines is 1. The number of benzene rings is 1. The Kier molecular flexibility index (Phi) is 2.63. The molecule has 0 atom stereocenters. The lowest BCUT2D eigenvalue weighted by atomic mass is 10.1. The number of carbonyl (C=O) groups is 1. The Hall–Kier alpha value is -1.90. The highest BCUT2D eigenvalue weighted by Crippen LogP contribution is 2.15. The minimum absolute atomic E-state index is 0.0874. The van der Waals surface area contributed by atoms with Gasteiger partial charge in [-0.3, -0.25) is 9.79 Å². The Balaban J connectivity index is 2.23. The molecule has 0 saturated carbocycles. The molecule has 0 unspecified atom stereocenters. The molecule has 2 rings (SSSR count). The standard InChI is InChI=1S/C12H12N2O/c1-10(15)11-3-5-12(6-4-11)14-8-2-7-13-9-14/h2-6,8-9H,7H2,1H3. The maximum atomic E-state index is 11.1. The van der Waals surface area contributed by atoms with Crippen molar-refractivity contribution in [2.24, 2.45) is 4.99 Å². The third-order valence-corrected chi connectivity index (χ3v) is 2.25. The average Bonchev–Trinajstić information content (AvgIpc) is 2.30. The molecule has 3 heteroatoms. The highest BCUT2D eigenvalue weighted by molar-refractivity contribution is 5.94. The molecule has 0 aliphatic carbocycles. The average molecular weight is 200 g/mol. The van der Waals surface area contributed by atoms with Gasteiger partial charge in [0.2, 0.25) is 0 Å². The van der Waals surface area contributed by atoms with Crippen LogP contribution in [0.15, 0.2) is 41.5 Å². The fraction of sp³-hybridized carbons (Fsp3) is 0.167. The first-order chi connectivity index (χ1) is 7.27. The van der Waals surface area contributed by atoms with E-state index in [-0.39, 0.29) is 5.78 Å². The van der Waals surface area contributed by atoms with Gasteiger partial charge >= 0.3 is 0 Å². The van der Waals surface area contributed by atoms with Crippen LogP contribution >= 0.6 is 0 Å². The summed E-state index contributed by atoms with van der Waals surface area (Å²) in [5, 5.41) is 0. The number of nitrogens with zero attached hydrogens (tertiary/aromatic N) is 2. The highest BCUT2D eigenvalue weighted by Gasteiger charge is 2.03. The van der Waals surface area contributed by atoms with Gasteiger partial charge in [0.05, 0.1) is 12.9 Å². The molecule has 0 amide bonds. The monoisotopic (exact) mass is 200 g/mol. The summed E-state index contributed by atoms with van der Waals surface area (Å²) in [5.41, 5.74) is 1.75. The summed E-state index contributed by atoms with van der Waals surface area (Å²) in [6.45, 7) is 2.30. The number of hydrogen-bond acceptors (Lipinski definition) is 3. The van der Waals surface area contributed by atoms with E-state index in [4.69, 9.17) is 0 Å². The molecule has 0 radical (unpaired) electrons. The molecule has 0 bridgehead atoms. The first kappa shape index (κ1) is 9.65. The van der Waals surface area contributed by atoms with E-state index in [1.165, 1.54) is 0 Å². The first-order valence-corrected chi connectivity index (χ1v) is 4.83. The maximum Gasteiger partial charge on any atom is 0.159 e. The van der Waals surface area contributed by atoms with Crippen molar-refractivity contribution in [1.29, 1.82) is 0 Å². The van der Waals surface area contributed by atoms with E-state index in [9.17, 15) is 4.79 Å². The summed E-state index contributed by atoms with van der Waals surface area (Å²) < 4.78 is 0. The number of Topliss-reactive ketones (excluding diaryl/α,β-unsaturated/α-hetero) is 1. The van der Waals surface area contributed by atoms with E-state index in [2.05, 4.69) is 4.99 Å².